The van der Waals surface area contributed by atoms with Crippen molar-refractivity contribution >= 4 is 34.1 Å². The predicted octanol–water partition coefficient (Wildman–Crippen LogP) is 1.21. The highest BCUT2D eigenvalue weighted by Crippen LogP contribution is 2.54. The fraction of sp³-hybridized carbons (Fsp3) is 0.118. The summed E-state index contributed by atoms with van der Waals surface area (Å²) in [6.45, 7) is 2.26. The van der Waals surface area contributed by atoms with E-state index in [0.717, 1.165) is 67.3 Å². The molecule has 3 unspecified atom stereocenters. The molecule has 194 valence electrons. The molecule has 7 aliphatic rings. The van der Waals surface area contributed by atoms with Gasteiger partial charge < -0.3 is 0 Å². The van der Waals surface area contributed by atoms with Crippen molar-refractivity contribution in [2.75, 3.05) is 0 Å². The van der Waals surface area contributed by atoms with Gasteiger partial charge in [-0.15, -0.1) is 4.99 Å². The van der Waals surface area contributed by atoms with E-state index >= 15 is 0 Å². The van der Waals surface area contributed by atoms with Gasteiger partial charge >= 0.3 is 29.6 Å². The number of aromatic nitrogens is 1. The van der Waals surface area contributed by atoms with E-state index in [9.17, 15) is 0 Å². The van der Waals surface area contributed by atoms with Gasteiger partial charge in [0.1, 0.15) is 5.56 Å². The molecule has 0 radical (unpaired) electrons. The van der Waals surface area contributed by atoms with Crippen LogP contribution in [0.25, 0.3) is 10.8 Å². The Morgan fingerprint density at radius 3 is 2.26 bits per heavy atom. The minimum absolute atomic E-state index is 0.129. The van der Waals surface area contributed by atoms with Gasteiger partial charge in [0.25, 0.3) is 5.84 Å². The molecule has 7 aliphatic heterocycles. The maximum Gasteiger partial charge on any atom is 0.506 e. The van der Waals surface area contributed by atoms with Crippen molar-refractivity contribution in [2.45, 2.75) is 24.7 Å². The van der Waals surface area contributed by atoms with Gasteiger partial charge in [0.05, 0.1) is 22.3 Å². The second-order valence-corrected chi connectivity index (χ2v) is 12.1. The third-order valence-electron chi connectivity index (χ3n) is 10.2. The molecule has 1 spiro atoms. The molecule has 0 aliphatic carbocycles. The van der Waals surface area contributed by atoms with E-state index in [0.29, 0.717) is 0 Å². The lowest BCUT2D eigenvalue weighted by Crippen LogP contribution is -2.91. The van der Waals surface area contributed by atoms with Crippen LogP contribution in [0.2, 0.25) is 0 Å². The van der Waals surface area contributed by atoms with E-state index in [1.807, 2.05) is 0 Å². The molecule has 0 bridgehead atoms. The molecule has 0 fully saturated rings. The highest BCUT2D eigenvalue weighted by molar-refractivity contribution is 6.16. The minimum Gasteiger partial charge on any atom is -0.234 e. The van der Waals surface area contributed by atoms with E-state index in [4.69, 9.17) is 15.0 Å². The first kappa shape index (κ1) is 20.4. The first-order chi connectivity index (χ1) is 20.7. The lowest BCUT2D eigenvalue weighted by molar-refractivity contribution is -0.969. The second-order valence-electron chi connectivity index (χ2n) is 12.1. The molecular weight excluding hydrogens is 520 g/mol. The van der Waals surface area contributed by atoms with Gasteiger partial charge in [-0.3, -0.25) is 0 Å². The standard InChI is InChI=1S/C34H20N8/c1-33-25-17-9-8-16-24(25)31-37-30-21-13-5-4-12-20(21)27-35-26-18-10-2-3-11-19(18)28-36-29-22-14-6-7-15-23(22)32(38-33)41(29)34(39(26)28,40(27)30)42(31)33/h2-17,27H,1H3/q+2/p+1. The Kier molecular flexibility index (Phi) is 2.94. The summed E-state index contributed by atoms with van der Waals surface area (Å²) in [5.41, 5.74) is 8.16. The van der Waals surface area contributed by atoms with Crippen molar-refractivity contribution in [1.82, 2.24) is 9.47 Å². The van der Waals surface area contributed by atoms with Crippen LogP contribution in [-0.2, 0) is 11.6 Å². The number of nitrogens with zero attached hydrogens (tertiary/aromatic N) is 7. The Morgan fingerprint density at radius 1 is 0.714 bits per heavy atom. The number of rotatable bonds is 0. The summed E-state index contributed by atoms with van der Waals surface area (Å²) >= 11 is 0. The summed E-state index contributed by atoms with van der Waals surface area (Å²) in [4.78, 5) is 23.1. The van der Waals surface area contributed by atoms with E-state index in [1.165, 1.54) is 11.1 Å². The first-order valence-corrected chi connectivity index (χ1v) is 14.4. The summed E-state index contributed by atoms with van der Waals surface area (Å²) in [6, 6.07) is 34.6. The van der Waals surface area contributed by atoms with Gasteiger partial charge in [-0.05, 0) is 46.8 Å². The Balaban J connectivity index is 1.41. The average molecular weight is 542 g/mol. The molecule has 3 atom stereocenters. The van der Waals surface area contributed by atoms with Crippen LogP contribution in [0.1, 0.15) is 46.5 Å². The molecule has 1 N–H and O–H groups in total. The fourth-order valence-corrected chi connectivity index (χ4v) is 8.75. The smallest absolute Gasteiger partial charge is 0.234 e. The third kappa shape index (κ3) is 1.78. The molecule has 42 heavy (non-hydrogen) atoms. The van der Waals surface area contributed by atoms with Gasteiger partial charge in [-0.1, -0.05) is 71.3 Å². The van der Waals surface area contributed by atoms with E-state index < -0.39 is 11.6 Å². The summed E-state index contributed by atoms with van der Waals surface area (Å²) in [6.07, 6.45) is -0.129. The molecule has 1 aromatic heterocycles. The van der Waals surface area contributed by atoms with Crippen molar-refractivity contribution < 1.29 is 14.1 Å². The van der Waals surface area contributed by atoms with E-state index in [2.05, 4.69) is 128 Å². The molecule has 0 amide bonds. The molecule has 8 heteroatoms. The topological polar surface area (TPSA) is 65.2 Å². The van der Waals surface area contributed by atoms with Crippen LogP contribution in [0.3, 0.4) is 0 Å². The number of fused-ring (bicyclic) bond motifs is 12. The molecule has 5 aromatic rings. The summed E-state index contributed by atoms with van der Waals surface area (Å²) in [7, 11) is 0. The number of amidine groups is 4. The minimum atomic E-state index is -0.855. The lowest BCUT2D eigenvalue weighted by atomic mass is 9.99. The second kappa shape index (κ2) is 6.06. The monoisotopic (exact) mass is 541 g/mol. The number of benzene rings is 4. The normalized spacial score (nSPS) is 27.1. The SMILES string of the molecule is CC12N=c3c4ccccc4c4n3C35N1C(=NC1=[N+]3C([NH+]=C3c6ccccc6C(=[N+]35)N=4)c3ccccc31)c1ccccc12. The van der Waals surface area contributed by atoms with Gasteiger partial charge in [0.2, 0.25) is 0 Å². The van der Waals surface area contributed by atoms with Crippen LogP contribution in [0.15, 0.2) is 112 Å². The van der Waals surface area contributed by atoms with Crippen molar-refractivity contribution in [1.29, 1.82) is 0 Å². The van der Waals surface area contributed by atoms with Gasteiger partial charge in [-0.2, -0.15) is 14.5 Å². The molecule has 12 rings (SSSR count). The first-order valence-electron chi connectivity index (χ1n) is 14.4. The number of nitrogens with one attached hydrogen (secondary N) is 1. The van der Waals surface area contributed by atoms with Crippen molar-refractivity contribution in [3.8, 4) is 0 Å². The highest BCUT2D eigenvalue weighted by atomic mass is 15.7. The Morgan fingerprint density at radius 2 is 1.40 bits per heavy atom. The largest absolute Gasteiger partial charge is 0.506 e. The summed E-state index contributed by atoms with van der Waals surface area (Å²) < 4.78 is 7.33. The average Bonchev–Trinajstić information content (AvgIpc) is 3.72. The fourth-order valence-electron chi connectivity index (χ4n) is 8.75. The Bertz CT molecular complexity index is 2510. The van der Waals surface area contributed by atoms with E-state index in [-0.39, 0.29) is 6.17 Å². The molecule has 0 saturated heterocycles. The third-order valence-corrected chi connectivity index (χ3v) is 10.2. The van der Waals surface area contributed by atoms with Crippen LogP contribution < -0.4 is 16.0 Å². The van der Waals surface area contributed by atoms with E-state index in [1.54, 1.807) is 0 Å². The number of hydrogen-bond acceptors (Lipinski definition) is 4. The van der Waals surface area contributed by atoms with Crippen molar-refractivity contribution in [3.05, 3.63) is 141 Å². The van der Waals surface area contributed by atoms with Crippen LogP contribution in [-0.4, -0.2) is 42.0 Å². The predicted molar refractivity (Wildman–Crippen MR) is 154 cm³/mol. The van der Waals surface area contributed by atoms with Gasteiger partial charge in [0.15, 0.2) is 16.6 Å². The zero-order valence-corrected chi connectivity index (χ0v) is 22.4. The van der Waals surface area contributed by atoms with Crippen LogP contribution >= 0.6 is 0 Å². The Labute approximate surface area is 238 Å². The van der Waals surface area contributed by atoms with Crippen LogP contribution in [0.4, 0.5) is 0 Å². The maximum absolute atomic E-state index is 5.65. The maximum atomic E-state index is 5.65. The van der Waals surface area contributed by atoms with Crippen LogP contribution in [0.5, 0.6) is 0 Å². The molecule has 8 heterocycles. The summed E-state index contributed by atoms with van der Waals surface area (Å²) in [5.74, 6) is 3.09. The summed E-state index contributed by atoms with van der Waals surface area (Å²) in [5, 5.41) is 2.23. The zero-order valence-electron chi connectivity index (χ0n) is 22.4. The lowest BCUT2D eigenvalue weighted by Gasteiger charge is -2.46. The van der Waals surface area contributed by atoms with Gasteiger partial charge in [-0.25, -0.2) is 4.99 Å². The molecule has 4 aromatic carbocycles. The van der Waals surface area contributed by atoms with Crippen molar-refractivity contribution in [3.63, 3.8) is 0 Å². The van der Waals surface area contributed by atoms with Crippen molar-refractivity contribution in [2.24, 2.45) is 15.0 Å². The quantitative estimate of drug-likeness (QED) is 0.295. The zero-order chi connectivity index (χ0) is 27.1. The van der Waals surface area contributed by atoms with Crippen LogP contribution in [0, 0.1) is 0 Å². The molecular formula is C34H21N8+3. The molecule has 0 saturated carbocycles. The Hall–Kier alpha value is -5.50. The number of aliphatic imine (C=N–C) groups is 1. The molecule has 8 nitrogen and oxygen atoms in total. The highest BCUT2D eigenvalue weighted by Gasteiger charge is 2.82. The van der Waals surface area contributed by atoms with Gasteiger partial charge in [0, 0.05) is 16.3 Å². The number of hydrogen-bond donors (Lipinski definition) is 1.